The van der Waals surface area contributed by atoms with E-state index in [4.69, 9.17) is 0 Å². The van der Waals surface area contributed by atoms with Gasteiger partial charge in [0.25, 0.3) is 0 Å². The molecule has 0 amide bonds. The second-order valence-corrected chi connectivity index (χ2v) is 6.24. The van der Waals surface area contributed by atoms with Crippen LogP contribution in [0.15, 0.2) is 0 Å². The van der Waals surface area contributed by atoms with Gasteiger partial charge in [-0.3, -0.25) is 4.90 Å². The van der Waals surface area contributed by atoms with Crippen LogP contribution >= 0.6 is 15.9 Å². The summed E-state index contributed by atoms with van der Waals surface area (Å²) in [4.78, 5) is 3.47. The summed E-state index contributed by atoms with van der Waals surface area (Å²) in [6.45, 7) is 5.00. The smallest absolute Gasteiger partial charge is 0.0299 e. The lowest BCUT2D eigenvalue weighted by Crippen LogP contribution is -2.46. The van der Waals surface area contributed by atoms with Gasteiger partial charge in [0.1, 0.15) is 0 Å². The Hall–Kier alpha value is 0.440. The van der Waals surface area contributed by atoms with Crippen molar-refractivity contribution >= 4 is 15.9 Å². The van der Waals surface area contributed by atoms with Crippen molar-refractivity contribution in [3.05, 3.63) is 0 Å². The Kier molecular flexibility index (Phi) is 3.89. The molecule has 0 aromatic heterocycles. The molecule has 2 atom stereocenters. The largest absolute Gasteiger partial charge is 0.299 e. The lowest BCUT2D eigenvalue weighted by atomic mass is 9.91. The van der Waals surface area contributed by atoms with E-state index in [2.05, 4.69) is 27.8 Å². The minimum atomic E-state index is 0.734. The Morgan fingerprint density at radius 3 is 2.43 bits per heavy atom. The van der Waals surface area contributed by atoms with Crippen molar-refractivity contribution in [2.75, 3.05) is 13.1 Å². The van der Waals surface area contributed by atoms with Gasteiger partial charge in [0.05, 0.1) is 0 Å². The van der Waals surface area contributed by atoms with Gasteiger partial charge >= 0.3 is 0 Å². The topological polar surface area (TPSA) is 3.24 Å². The quantitative estimate of drug-likeness (QED) is 0.653. The molecular weight excluding hydrogens is 238 g/mol. The van der Waals surface area contributed by atoms with Crippen LogP contribution in [0.3, 0.4) is 0 Å². The third kappa shape index (κ3) is 2.52. The number of likely N-dealkylation sites (tertiary alicyclic amines) is 1. The first-order valence-electron chi connectivity index (χ1n) is 6.15. The number of alkyl halides is 1. The molecule has 14 heavy (non-hydrogen) atoms. The van der Waals surface area contributed by atoms with Gasteiger partial charge in [-0.25, -0.2) is 0 Å². The van der Waals surface area contributed by atoms with Gasteiger partial charge in [0.2, 0.25) is 0 Å². The molecule has 82 valence electrons. The number of halogens is 1. The first-order valence-corrected chi connectivity index (χ1v) is 7.07. The number of hydrogen-bond donors (Lipinski definition) is 0. The van der Waals surface area contributed by atoms with Gasteiger partial charge in [-0.05, 0) is 31.7 Å². The van der Waals surface area contributed by atoms with E-state index >= 15 is 0 Å². The van der Waals surface area contributed by atoms with E-state index < -0.39 is 0 Å². The molecule has 1 heterocycles. The highest BCUT2D eigenvalue weighted by Gasteiger charge is 2.29. The van der Waals surface area contributed by atoms with Crippen molar-refractivity contribution in [1.29, 1.82) is 0 Å². The standard InChI is InChI=1S/C12H22BrN/c1-10-7-8-14(9-12(10)13)11-5-3-2-4-6-11/h10-12H,2-9H2,1H3. The summed E-state index contributed by atoms with van der Waals surface area (Å²) in [6.07, 6.45) is 8.68. The summed E-state index contributed by atoms with van der Waals surface area (Å²) in [6, 6.07) is 0.913. The van der Waals surface area contributed by atoms with Crippen molar-refractivity contribution in [2.24, 2.45) is 5.92 Å². The molecule has 0 bridgehead atoms. The van der Waals surface area contributed by atoms with E-state index in [-0.39, 0.29) is 0 Å². The van der Waals surface area contributed by atoms with E-state index in [9.17, 15) is 0 Å². The first-order chi connectivity index (χ1) is 6.77. The van der Waals surface area contributed by atoms with E-state index in [1.54, 1.807) is 0 Å². The van der Waals surface area contributed by atoms with Gasteiger partial charge in [0, 0.05) is 17.4 Å². The van der Waals surface area contributed by atoms with Crippen LogP contribution in [0.5, 0.6) is 0 Å². The summed E-state index contributed by atoms with van der Waals surface area (Å²) < 4.78 is 0. The zero-order chi connectivity index (χ0) is 9.97. The summed E-state index contributed by atoms with van der Waals surface area (Å²) in [5.74, 6) is 0.870. The third-order valence-electron chi connectivity index (χ3n) is 3.99. The van der Waals surface area contributed by atoms with Crippen LogP contribution in [0.2, 0.25) is 0 Å². The molecule has 2 unspecified atom stereocenters. The summed E-state index contributed by atoms with van der Waals surface area (Å²) in [5.41, 5.74) is 0. The molecular formula is C12H22BrN. The Bertz CT molecular complexity index is 177. The highest BCUT2D eigenvalue weighted by molar-refractivity contribution is 9.09. The highest BCUT2D eigenvalue weighted by atomic mass is 79.9. The molecule has 0 radical (unpaired) electrons. The molecule has 1 aliphatic carbocycles. The fraction of sp³-hybridized carbons (Fsp3) is 1.00. The van der Waals surface area contributed by atoms with E-state index in [1.165, 1.54) is 51.6 Å². The second kappa shape index (κ2) is 4.98. The maximum absolute atomic E-state index is 3.82. The van der Waals surface area contributed by atoms with Crippen molar-refractivity contribution in [3.63, 3.8) is 0 Å². The van der Waals surface area contributed by atoms with Gasteiger partial charge in [-0.1, -0.05) is 42.1 Å². The number of piperidine rings is 1. The fourth-order valence-corrected chi connectivity index (χ4v) is 3.46. The lowest BCUT2D eigenvalue weighted by molar-refractivity contribution is 0.117. The minimum absolute atomic E-state index is 0.734. The normalized spacial score (nSPS) is 37.3. The third-order valence-corrected chi connectivity index (χ3v) is 5.18. The van der Waals surface area contributed by atoms with Gasteiger partial charge < -0.3 is 0 Å². The highest BCUT2D eigenvalue weighted by Crippen LogP contribution is 2.29. The van der Waals surface area contributed by atoms with Crippen molar-refractivity contribution in [1.82, 2.24) is 4.90 Å². The Morgan fingerprint density at radius 1 is 1.07 bits per heavy atom. The lowest BCUT2D eigenvalue weighted by Gasteiger charge is -2.40. The van der Waals surface area contributed by atoms with Crippen LogP contribution < -0.4 is 0 Å². The first kappa shape index (κ1) is 10.9. The van der Waals surface area contributed by atoms with Crippen LogP contribution in [-0.4, -0.2) is 28.9 Å². The molecule has 2 heteroatoms. The van der Waals surface area contributed by atoms with E-state index in [0.29, 0.717) is 0 Å². The number of nitrogens with zero attached hydrogens (tertiary/aromatic N) is 1. The molecule has 0 aromatic carbocycles. The summed E-state index contributed by atoms with van der Waals surface area (Å²) >= 11 is 3.82. The van der Waals surface area contributed by atoms with Crippen LogP contribution in [0.1, 0.15) is 45.4 Å². The molecule has 1 aliphatic heterocycles. The average Bonchev–Trinajstić information content (AvgIpc) is 2.23. The second-order valence-electron chi connectivity index (χ2n) is 5.07. The Balaban J connectivity index is 1.85. The summed E-state index contributed by atoms with van der Waals surface area (Å²) in [5, 5.41) is 0. The predicted octanol–water partition coefficient (Wildman–Crippen LogP) is 3.42. The maximum Gasteiger partial charge on any atom is 0.0299 e. The monoisotopic (exact) mass is 259 g/mol. The van der Waals surface area contributed by atoms with Crippen molar-refractivity contribution < 1.29 is 0 Å². The maximum atomic E-state index is 3.82. The molecule has 0 spiro atoms. The molecule has 0 N–H and O–H groups in total. The molecule has 2 fully saturated rings. The molecule has 0 aromatic rings. The fourth-order valence-electron chi connectivity index (χ4n) is 2.82. The molecule has 1 saturated carbocycles. The van der Waals surface area contributed by atoms with E-state index in [0.717, 1.165) is 16.8 Å². The molecule has 1 saturated heterocycles. The number of hydrogen-bond acceptors (Lipinski definition) is 1. The van der Waals surface area contributed by atoms with E-state index in [1.807, 2.05) is 0 Å². The molecule has 2 aliphatic rings. The van der Waals surface area contributed by atoms with Crippen LogP contribution in [0, 0.1) is 5.92 Å². The predicted molar refractivity (Wildman–Crippen MR) is 64.9 cm³/mol. The summed E-state index contributed by atoms with van der Waals surface area (Å²) in [7, 11) is 0. The zero-order valence-corrected chi connectivity index (χ0v) is 10.8. The number of rotatable bonds is 1. The van der Waals surface area contributed by atoms with Crippen LogP contribution in [0.25, 0.3) is 0 Å². The van der Waals surface area contributed by atoms with Crippen LogP contribution in [0.4, 0.5) is 0 Å². The van der Waals surface area contributed by atoms with Gasteiger partial charge in [-0.2, -0.15) is 0 Å². The average molecular weight is 260 g/mol. The van der Waals surface area contributed by atoms with Gasteiger partial charge in [0.15, 0.2) is 0 Å². The molecule has 1 nitrogen and oxygen atoms in total. The Morgan fingerprint density at radius 2 is 1.79 bits per heavy atom. The van der Waals surface area contributed by atoms with Gasteiger partial charge in [-0.15, -0.1) is 0 Å². The SMILES string of the molecule is CC1CCN(C2CCCCC2)CC1Br. The van der Waals surface area contributed by atoms with Crippen LogP contribution in [-0.2, 0) is 0 Å². The Labute approximate surface area is 96.4 Å². The molecule has 2 rings (SSSR count). The zero-order valence-electron chi connectivity index (χ0n) is 9.21. The van der Waals surface area contributed by atoms with Crippen molar-refractivity contribution in [3.8, 4) is 0 Å². The van der Waals surface area contributed by atoms with Crippen molar-refractivity contribution in [2.45, 2.75) is 56.3 Å². The minimum Gasteiger partial charge on any atom is -0.299 e.